The first-order valence-corrected chi connectivity index (χ1v) is 12.8. The van der Waals surface area contributed by atoms with Gasteiger partial charge in [-0.05, 0) is 43.0 Å². The van der Waals surface area contributed by atoms with Gasteiger partial charge in [0.2, 0.25) is 0 Å². The molecule has 2 saturated heterocycles. The zero-order valence-corrected chi connectivity index (χ0v) is 21.1. The Morgan fingerprint density at radius 3 is 2.46 bits per heavy atom. The highest BCUT2D eigenvalue weighted by molar-refractivity contribution is 5.69. The fourth-order valence-electron chi connectivity index (χ4n) is 5.52. The van der Waals surface area contributed by atoms with Crippen molar-refractivity contribution in [1.82, 2.24) is 9.80 Å². The Kier molecular flexibility index (Phi) is 9.21. The Morgan fingerprint density at radius 2 is 1.71 bits per heavy atom. The van der Waals surface area contributed by atoms with E-state index in [1.165, 1.54) is 18.4 Å². The van der Waals surface area contributed by atoms with Gasteiger partial charge in [0.05, 0.1) is 19.9 Å². The Hall–Kier alpha value is -2.83. The number of ether oxygens (including phenoxy) is 2. The van der Waals surface area contributed by atoms with E-state index in [1.807, 2.05) is 18.2 Å². The maximum Gasteiger partial charge on any atom is 0.305 e. The molecular formula is C29H39N3O3. The first kappa shape index (κ1) is 25.3. The van der Waals surface area contributed by atoms with Crippen LogP contribution in [0.5, 0.6) is 5.75 Å². The topological polar surface area (TPSA) is 45.2 Å². The fraction of sp³-hybridized carbons (Fsp3) is 0.483. The second kappa shape index (κ2) is 12.8. The van der Waals surface area contributed by atoms with Gasteiger partial charge in [0.15, 0.2) is 0 Å². The van der Waals surface area contributed by atoms with Crippen LogP contribution in [0.15, 0.2) is 60.7 Å². The summed E-state index contributed by atoms with van der Waals surface area (Å²) in [7, 11) is 3.22. The summed E-state index contributed by atoms with van der Waals surface area (Å²) in [5, 5.41) is 0. The van der Waals surface area contributed by atoms with E-state index < -0.39 is 0 Å². The number of hydrogen-bond donors (Lipinski definition) is 0. The summed E-state index contributed by atoms with van der Waals surface area (Å²) in [6, 6.07) is 19.2. The van der Waals surface area contributed by atoms with Crippen molar-refractivity contribution in [3.05, 3.63) is 66.2 Å². The van der Waals surface area contributed by atoms with Crippen molar-refractivity contribution < 1.29 is 14.3 Å². The van der Waals surface area contributed by atoms with Gasteiger partial charge in [-0.1, -0.05) is 54.6 Å². The largest absolute Gasteiger partial charge is 0.495 e. The highest BCUT2D eigenvalue weighted by atomic mass is 16.5. The van der Waals surface area contributed by atoms with Crippen molar-refractivity contribution in [2.24, 2.45) is 5.92 Å². The monoisotopic (exact) mass is 477 g/mol. The van der Waals surface area contributed by atoms with Crippen LogP contribution in [0.2, 0.25) is 0 Å². The Labute approximate surface area is 210 Å². The summed E-state index contributed by atoms with van der Waals surface area (Å²) in [4.78, 5) is 19.6. The average Bonchev–Trinajstić information content (AvgIpc) is 2.92. The summed E-state index contributed by atoms with van der Waals surface area (Å²) < 4.78 is 10.5. The van der Waals surface area contributed by atoms with E-state index >= 15 is 0 Å². The molecule has 0 amide bonds. The molecule has 35 heavy (non-hydrogen) atoms. The van der Waals surface area contributed by atoms with Gasteiger partial charge in [-0.15, -0.1) is 0 Å². The summed E-state index contributed by atoms with van der Waals surface area (Å²) >= 11 is 0. The maximum atomic E-state index is 11.9. The van der Waals surface area contributed by atoms with Crippen LogP contribution in [0, 0.1) is 5.92 Å². The van der Waals surface area contributed by atoms with E-state index in [0.717, 1.165) is 64.4 Å². The van der Waals surface area contributed by atoms with Crippen molar-refractivity contribution in [1.29, 1.82) is 0 Å². The number of carbonyl (C=O) groups excluding carboxylic acids is 1. The summed E-state index contributed by atoms with van der Waals surface area (Å²) in [5.41, 5.74) is 2.41. The van der Waals surface area contributed by atoms with E-state index in [-0.39, 0.29) is 5.97 Å². The quantitative estimate of drug-likeness (QED) is 0.505. The number of rotatable bonds is 9. The smallest absolute Gasteiger partial charge is 0.305 e. The number of nitrogens with zero attached hydrogens (tertiary/aromatic N) is 3. The van der Waals surface area contributed by atoms with Gasteiger partial charge in [0.1, 0.15) is 5.75 Å². The van der Waals surface area contributed by atoms with Crippen molar-refractivity contribution in [2.75, 3.05) is 64.9 Å². The molecule has 6 nitrogen and oxygen atoms in total. The van der Waals surface area contributed by atoms with Crippen LogP contribution in [0.4, 0.5) is 5.69 Å². The van der Waals surface area contributed by atoms with E-state index in [0.29, 0.717) is 18.4 Å². The van der Waals surface area contributed by atoms with Crippen LogP contribution >= 0.6 is 0 Å². The number of para-hydroxylation sites is 2. The summed E-state index contributed by atoms with van der Waals surface area (Å²) in [5.74, 6) is 1.30. The zero-order chi connectivity index (χ0) is 24.5. The maximum absolute atomic E-state index is 11.9. The number of likely N-dealkylation sites (tertiary alicyclic amines) is 1. The molecule has 2 heterocycles. The molecule has 4 rings (SSSR count). The van der Waals surface area contributed by atoms with Crippen LogP contribution in [-0.4, -0.2) is 81.8 Å². The zero-order valence-electron chi connectivity index (χ0n) is 21.1. The van der Waals surface area contributed by atoms with Gasteiger partial charge in [-0.25, -0.2) is 0 Å². The second-order valence-corrected chi connectivity index (χ2v) is 9.50. The molecule has 2 aromatic rings. The van der Waals surface area contributed by atoms with Crippen LogP contribution in [0.25, 0.3) is 6.08 Å². The Balaban J connectivity index is 1.36. The van der Waals surface area contributed by atoms with Gasteiger partial charge in [0.25, 0.3) is 0 Å². The van der Waals surface area contributed by atoms with Crippen LogP contribution in [0.1, 0.15) is 24.8 Å². The van der Waals surface area contributed by atoms with Gasteiger partial charge in [0, 0.05) is 51.7 Å². The van der Waals surface area contributed by atoms with Crippen LogP contribution < -0.4 is 9.64 Å². The normalized spacial score (nSPS) is 21.8. The van der Waals surface area contributed by atoms with Crippen molar-refractivity contribution in [2.45, 2.75) is 25.3 Å². The molecule has 0 unspecified atom stereocenters. The third kappa shape index (κ3) is 6.86. The lowest BCUT2D eigenvalue weighted by molar-refractivity contribution is -0.141. The minimum absolute atomic E-state index is 0.106. The molecule has 0 N–H and O–H groups in total. The van der Waals surface area contributed by atoms with E-state index in [1.54, 1.807) is 7.11 Å². The number of esters is 1. The molecule has 0 spiro atoms. The van der Waals surface area contributed by atoms with Crippen molar-refractivity contribution in [3.63, 3.8) is 0 Å². The lowest BCUT2D eigenvalue weighted by Crippen LogP contribution is -2.56. The lowest BCUT2D eigenvalue weighted by atomic mass is 9.86. The molecule has 2 aliphatic rings. The van der Waals surface area contributed by atoms with Gasteiger partial charge in [-0.2, -0.15) is 0 Å². The van der Waals surface area contributed by atoms with E-state index in [4.69, 9.17) is 9.47 Å². The van der Waals surface area contributed by atoms with Crippen LogP contribution in [0.3, 0.4) is 0 Å². The third-order valence-corrected chi connectivity index (χ3v) is 7.41. The summed E-state index contributed by atoms with van der Waals surface area (Å²) in [6.45, 7) is 7.10. The number of benzene rings is 2. The van der Waals surface area contributed by atoms with Crippen LogP contribution in [-0.2, 0) is 9.53 Å². The Bertz CT molecular complexity index is 957. The molecule has 2 fully saturated rings. The molecular weight excluding hydrogens is 438 g/mol. The van der Waals surface area contributed by atoms with Crippen molar-refractivity contribution in [3.8, 4) is 5.75 Å². The van der Waals surface area contributed by atoms with Crippen molar-refractivity contribution >= 4 is 17.7 Å². The number of carbonyl (C=O) groups is 1. The standard InChI is InChI=1S/C29H39N3O3/c1-34-28-13-7-6-12-27(28)32-21-19-31(20-22-32)26-16-18-30(23-25(26)14-15-29(33)35-2)17-8-11-24-9-4-3-5-10-24/h3-13,25-26H,14-23H2,1-2H3/t25-,26+/m0/s1. The van der Waals surface area contributed by atoms with Gasteiger partial charge >= 0.3 is 5.97 Å². The highest BCUT2D eigenvalue weighted by Crippen LogP contribution is 2.31. The average molecular weight is 478 g/mol. The van der Waals surface area contributed by atoms with Gasteiger partial charge < -0.3 is 14.4 Å². The third-order valence-electron chi connectivity index (χ3n) is 7.41. The van der Waals surface area contributed by atoms with E-state index in [9.17, 15) is 4.79 Å². The SMILES string of the molecule is COC(=O)CC[C@H]1CN(CC=Cc2ccccc2)CC[C@H]1N1CCN(c2ccccc2OC)CC1. The first-order valence-electron chi connectivity index (χ1n) is 12.8. The number of anilines is 1. The highest BCUT2D eigenvalue weighted by Gasteiger charge is 2.35. The predicted octanol–water partition coefficient (Wildman–Crippen LogP) is 4.17. The number of piperidine rings is 1. The van der Waals surface area contributed by atoms with E-state index in [2.05, 4.69) is 63.2 Å². The second-order valence-electron chi connectivity index (χ2n) is 9.50. The number of methoxy groups -OCH3 is 2. The molecule has 2 atom stereocenters. The molecule has 0 radical (unpaired) electrons. The molecule has 0 saturated carbocycles. The molecule has 2 aromatic carbocycles. The Morgan fingerprint density at radius 1 is 0.971 bits per heavy atom. The molecule has 188 valence electrons. The fourth-order valence-corrected chi connectivity index (χ4v) is 5.52. The lowest BCUT2D eigenvalue weighted by Gasteiger charge is -2.47. The molecule has 0 bridgehead atoms. The molecule has 2 aliphatic heterocycles. The minimum atomic E-state index is -0.106. The molecule has 0 aliphatic carbocycles. The molecule has 6 heteroatoms. The summed E-state index contributed by atoms with van der Waals surface area (Å²) in [6.07, 6.45) is 6.97. The predicted molar refractivity (Wildman–Crippen MR) is 142 cm³/mol. The molecule has 0 aromatic heterocycles. The van der Waals surface area contributed by atoms with Gasteiger partial charge in [-0.3, -0.25) is 14.6 Å². The number of hydrogen-bond acceptors (Lipinski definition) is 6. The minimum Gasteiger partial charge on any atom is -0.495 e. The number of piperazine rings is 1. The first-order chi connectivity index (χ1) is 17.2.